The third-order valence-electron chi connectivity index (χ3n) is 6.56. The van der Waals surface area contributed by atoms with Gasteiger partial charge in [-0.3, -0.25) is 13.9 Å². The quantitative estimate of drug-likeness (QED) is 0.282. The number of carbonyl (C=O) groups excluding carboxylic acids is 2. The lowest BCUT2D eigenvalue weighted by atomic mass is 10.1. The van der Waals surface area contributed by atoms with Gasteiger partial charge in [0.25, 0.3) is 10.0 Å². The zero-order valence-electron chi connectivity index (χ0n) is 23.7. The van der Waals surface area contributed by atoms with Crippen molar-refractivity contribution in [3.63, 3.8) is 0 Å². The lowest BCUT2D eigenvalue weighted by Crippen LogP contribution is -2.51. The van der Waals surface area contributed by atoms with E-state index in [1.54, 1.807) is 24.3 Å². The summed E-state index contributed by atoms with van der Waals surface area (Å²) < 4.78 is 54.0. The minimum Gasteiger partial charge on any atom is -0.493 e. The van der Waals surface area contributed by atoms with E-state index in [-0.39, 0.29) is 28.4 Å². The number of methoxy groups -OCH3 is 2. The van der Waals surface area contributed by atoms with Crippen LogP contribution in [-0.2, 0) is 26.2 Å². The van der Waals surface area contributed by atoms with Crippen LogP contribution in [0.25, 0.3) is 0 Å². The van der Waals surface area contributed by atoms with Gasteiger partial charge in [-0.15, -0.1) is 0 Å². The molecule has 1 atom stereocenters. The minimum absolute atomic E-state index is 0.0337. The molecule has 3 aromatic carbocycles. The van der Waals surface area contributed by atoms with Gasteiger partial charge in [-0.2, -0.15) is 0 Å². The molecule has 3 aromatic rings. The Morgan fingerprint density at radius 2 is 1.61 bits per heavy atom. The van der Waals surface area contributed by atoms with Crippen LogP contribution in [0.2, 0.25) is 0 Å². The number of hydrogen-bond donors (Lipinski definition) is 1. The molecule has 0 saturated carbocycles. The summed E-state index contributed by atoms with van der Waals surface area (Å²) in [4.78, 5) is 28.1. The standard InChI is InChI=1S/C30H36FN3O6S/c1-5-6-18-32-30(36)22(2)33(20-23-12-10-11-15-26(23)31)29(35)21-34(41(37,38)25-13-8-7-9-14-25)24-16-17-27(39-3)28(19-24)40-4/h7-17,19,22H,5-6,18,20-21H2,1-4H3,(H,32,36)/t22-/m0/s1. The third-order valence-corrected chi connectivity index (χ3v) is 8.35. The molecule has 0 saturated heterocycles. The lowest BCUT2D eigenvalue weighted by Gasteiger charge is -2.32. The Kier molecular flexibility index (Phi) is 11.1. The van der Waals surface area contributed by atoms with Crippen LogP contribution in [0.1, 0.15) is 32.3 Å². The fourth-order valence-corrected chi connectivity index (χ4v) is 5.58. The van der Waals surface area contributed by atoms with E-state index in [1.165, 1.54) is 74.6 Å². The van der Waals surface area contributed by atoms with Crippen molar-refractivity contribution in [2.45, 2.75) is 44.2 Å². The Morgan fingerprint density at radius 3 is 2.24 bits per heavy atom. The van der Waals surface area contributed by atoms with Crippen LogP contribution < -0.4 is 19.1 Å². The number of nitrogens with one attached hydrogen (secondary N) is 1. The summed E-state index contributed by atoms with van der Waals surface area (Å²) in [6, 6.07) is 17.1. The molecule has 41 heavy (non-hydrogen) atoms. The second-order valence-corrected chi connectivity index (χ2v) is 11.2. The Bertz CT molecular complexity index is 1440. The number of amides is 2. The highest BCUT2D eigenvalue weighted by atomic mass is 32.2. The van der Waals surface area contributed by atoms with Crippen LogP contribution in [0.15, 0.2) is 77.7 Å². The lowest BCUT2D eigenvalue weighted by molar-refractivity contribution is -0.139. The van der Waals surface area contributed by atoms with E-state index in [0.717, 1.165) is 17.1 Å². The van der Waals surface area contributed by atoms with Gasteiger partial charge in [-0.05, 0) is 43.7 Å². The summed E-state index contributed by atoms with van der Waals surface area (Å²) in [6.07, 6.45) is 1.62. The largest absolute Gasteiger partial charge is 0.493 e. The van der Waals surface area contributed by atoms with Crippen LogP contribution >= 0.6 is 0 Å². The first-order valence-electron chi connectivity index (χ1n) is 13.2. The highest BCUT2D eigenvalue weighted by Gasteiger charge is 2.33. The Balaban J connectivity index is 2.06. The van der Waals surface area contributed by atoms with Crippen molar-refractivity contribution in [3.05, 3.63) is 84.2 Å². The highest BCUT2D eigenvalue weighted by Crippen LogP contribution is 2.34. The Hall–Kier alpha value is -4.12. The van der Waals surface area contributed by atoms with E-state index in [0.29, 0.717) is 12.3 Å². The molecule has 0 aliphatic heterocycles. The van der Waals surface area contributed by atoms with Crippen molar-refractivity contribution in [2.24, 2.45) is 0 Å². The molecule has 3 rings (SSSR count). The summed E-state index contributed by atoms with van der Waals surface area (Å²) in [7, 11) is -1.39. The van der Waals surface area contributed by atoms with Crippen molar-refractivity contribution in [1.82, 2.24) is 10.2 Å². The van der Waals surface area contributed by atoms with Crippen molar-refractivity contribution in [2.75, 3.05) is 31.6 Å². The maximum absolute atomic E-state index is 14.6. The van der Waals surface area contributed by atoms with E-state index >= 15 is 0 Å². The van der Waals surface area contributed by atoms with Crippen LogP contribution in [0.5, 0.6) is 11.5 Å². The van der Waals surface area contributed by atoms with Gasteiger partial charge in [0.05, 0.1) is 24.8 Å². The molecule has 2 amide bonds. The molecular formula is C30H36FN3O6S. The van der Waals surface area contributed by atoms with E-state index in [1.807, 2.05) is 6.92 Å². The number of unbranched alkanes of at least 4 members (excludes halogenated alkanes) is 1. The summed E-state index contributed by atoms with van der Waals surface area (Å²) in [5, 5.41) is 2.80. The van der Waals surface area contributed by atoms with Gasteiger partial charge in [0, 0.05) is 24.7 Å². The van der Waals surface area contributed by atoms with Crippen molar-refractivity contribution in [3.8, 4) is 11.5 Å². The first kappa shape index (κ1) is 31.4. The van der Waals surface area contributed by atoms with Gasteiger partial charge < -0.3 is 19.7 Å². The molecule has 11 heteroatoms. The number of ether oxygens (including phenoxy) is 2. The van der Waals surface area contributed by atoms with E-state index in [9.17, 15) is 22.4 Å². The SMILES string of the molecule is CCCCNC(=O)[C@H](C)N(Cc1ccccc1F)C(=O)CN(c1ccc(OC)c(OC)c1)S(=O)(=O)c1ccccc1. The van der Waals surface area contributed by atoms with Crippen LogP contribution in [0.4, 0.5) is 10.1 Å². The molecule has 0 spiro atoms. The Morgan fingerprint density at radius 1 is 0.951 bits per heavy atom. The molecule has 0 aliphatic carbocycles. The second-order valence-electron chi connectivity index (χ2n) is 9.30. The van der Waals surface area contributed by atoms with Gasteiger partial charge in [0.15, 0.2) is 11.5 Å². The maximum Gasteiger partial charge on any atom is 0.264 e. The average molecular weight is 586 g/mol. The summed E-state index contributed by atoms with van der Waals surface area (Å²) in [5.74, 6) is -1.03. The molecular weight excluding hydrogens is 549 g/mol. The molecule has 0 radical (unpaired) electrons. The van der Waals surface area contributed by atoms with E-state index < -0.39 is 40.2 Å². The maximum atomic E-state index is 14.6. The van der Waals surface area contributed by atoms with Crippen molar-refractivity contribution < 1.29 is 31.9 Å². The Labute approximate surface area is 240 Å². The fraction of sp³-hybridized carbons (Fsp3) is 0.333. The van der Waals surface area contributed by atoms with Gasteiger partial charge in [0.1, 0.15) is 18.4 Å². The van der Waals surface area contributed by atoms with Crippen LogP contribution in [0.3, 0.4) is 0 Å². The van der Waals surface area contributed by atoms with E-state index in [4.69, 9.17) is 9.47 Å². The number of carbonyl (C=O) groups is 2. The smallest absolute Gasteiger partial charge is 0.264 e. The van der Waals surface area contributed by atoms with Gasteiger partial charge in [-0.25, -0.2) is 12.8 Å². The number of sulfonamides is 1. The zero-order valence-corrected chi connectivity index (χ0v) is 24.5. The van der Waals surface area contributed by atoms with Crippen molar-refractivity contribution >= 4 is 27.5 Å². The molecule has 0 unspecified atom stereocenters. The van der Waals surface area contributed by atoms with Crippen LogP contribution in [0, 0.1) is 5.82 Å². The number of halogens is 1. The van der Waals surface area contributed by atoms with Gasteiger partial charge >= 0.3 is 0 Å². The molecule has 0 heterocycles. The topological polar surface area (TPSA) is 105 Å². The highest BCUT2D eigenvalue weighted by molar-refractivity contribution is 7.92. The number of rotatable bonds is 14. The van der Waals surface area contributed by atoms with Gasteiger partial charge in [-0.1, -0.05) is 49.7 Å². The second kappa shape index (κ2) is 14.5. The number of nitrogens with zero attached hydrogens (tertiary/aromatic N) is 2. The molecule has 220 valence electrons. The predicted molar refractivity (Wildman–Crippen MR) is 155 cm³/mol. The molecule has 0 bridgehead atoms. The number of benzene rings is 3. The average Bonchev–Trinajstić information content (AvgIpc) is 2.99. The minimum atomic E-state index is -4.26. The summed E-state index contributed by atoms with van der Waals surface area (Å²) in [5.41, 5.74) is 0.336. The number of anilines is 1. The molecule has 0 fully saturated rings. The normalized spacial score (nSPS) is 11.8. The fourth-order valence-electron chi connectivity index (χ4n) is 4.16. The first-order valence-corrected chi connectivity index (χ1v) is 14.7. The monoisotopic (exact) mass is 585 g/mol. The zero-order chi connectivity index (χ0) is 30.0. The van der Waals surface area contributed by atoms with Crippen LogP contribution in [-0.4, -0.2) is 58.5 Å². The molecule has 0 aliphatic rings. The van der Waals surface area contributed by atoms with E-state index in [2.05, 4.69) is 5.32 Å². The summed E-state index contributed by atoms with van der Waals surface area (Å²) in [6.45, 7) is 3.04. The predicted octanol–water partition coefficient (Wildman–Crippen LogP) is 4.37. The molecule has 9 nitrogen and oxygen atoms in total. The molecule has 1 N–H and O–H groups in total. The van der Waals surface area contributed by atoms with Crippen molar-refractivity contribution in [1.29, 1.82) is 0 Å². The third kappa shape index (κ3) is 7.75. The molecule has 0 aromatic heterocycles. The van der Waals surface area contributed by atoms with Gasteiger partial charge in [0.2, 0.25) is 11.8 Å². The number of hydrogen-bond acceptors (Lipinski definition) is 6. The first-order chi connectivity index (χ1) is 19.6. The summed E-state index contributed by atoms with van der Waals surface area (Å²) >= 11 is 0.